The minimum atomic E-state index is -0.181. The third-order valence-corrected chi connectivity index (χ3v) is 5.51. The van der Waals surface area contributed by atoms with Gasteiger partial charge in [-0.1, -0.05) is 24.3 Å². The largest absolute Gasteiger partial charge is 0.369 e. The molecule has 3 N–H and O–H groups in total. The lowest BCUT2D eigenvalue weighted by Crippen LogP contribution is -2.40. The molecule has 1 unspecified atom stereocenters. The third-order valence-electron chi connectivity index (χ3n) is 5.51. The minimum Gasteiger partial charge on any atom is -0.369 e. The lowest BCUT2D eigenvalue weighted by atomic mass is 9.97. The Morgan fingerprint density at radius 2 is 2.17 bits per heavy atom. The van der Waals surface area contributed by atoms with Crippen LogP contribution < -0.4 is 11.1 Å². The van der Waals surface area contributed by atoms with Gasteiger partial charge >= 0.3 is 0 Å². The molecule has 0 radical (unpaired) electrons. The van der Waals surface area contributed by atoms with E-state index >= 15 is 0 Å². The second-order valence-corrected chi connectivity index (χ2v) is 8.08. The van der Waals surface area contributed by atoms with Gasteiger partial charge < -0.3 is 16.0 Å². The number of aryl methyl sites for hydroxylation is 1. The van der Waals surface area contributed by atoms with Gasteiger partial charge in [0.25, 0.3) is 0 Å². The fourth-order valence-electron chi connectivity index (χ4n) is 4.00. The number of primary amides is 1. The zero-order valence-electron chi connectivity index (χ0n) is 18.2. The summed E-state index contributed by atoms with van der Waals surface area (Å²) < 4.78 is 1.80. The van der Waals surface area contributed by atoms with Crippen molar-refractivity contribution in [2.45, 2.75) is 32.5 Å². The number of rotatable bonds is 7. The molecule has 8 nitrogen and oxygen atoms in total. The summed E-state index contributed by atoms with van der Waals surface area (Å²) >= 11 is 0. The van der Waals surface area contributed by atoms with E-state index in [0.717, 1.165) is 50.5 Å². The van der Waals surface area contributed by atoms with Gasteiger partial charge in [-0.05, 0) is 30.5 Å². The Labute approximate surface area is 178 Å². The van der Waals surface area contributed by atoms with Crippen molar-refractivity contribution < 1.29 is 4.79 Å². The van der Waals surface area contributed by atoms with Crippen LogP contribution in [-0.4, -0.2) is 58.6 Å². The quantitative estimate of drug-likeness (QED) is 0.530. The highest BCUT2D eigenvalue weighted by Crippen LogP contribution is 2.18. The summed E-state index contributed by atoms with van der Waals surface area (Å²) in [6, 6.07) is 8.56. The standard InChI is InChI=1S/C22H33N7O/c1-24-22(27(2)13-19-12-26-28(3)14-19)25-11-17-6-4-7-18(10-17)15-29-9-5-8-20(16-29)21(23)30/h4,6-7,10,12,14,20H,5,8-9,11,13,15-16H2,1-3H3,(H2,23,30)(H,24,25). The van der Waals surface area contributed by atoms with Crippen molar-refractivity contribution >= 4 is 11.9 Å². The topological polar surface area (TPSA) is 91.8 Å². The van der Waals surface area contributed by atoms with Crippen molar-refractivity contribution in [3.8, 4) is 0 Å². The van der Waals surface area contributed by atoms with Crippen LogP contribution in [-0.2, 0) is 31.5 Å². The van der Waals surface area contributed by atoms with Crippen molar-refractivity contribution in [1.29, 1.82) is 0 Å². The zero-order chi connectivity index (χ0) is 21.5. The smallest absolute Gasteiger partial charge is 0.221 e. The summed E-state index contributed by atoms with van der Waals surface area (Å²) in [5.74, 6) is 0.631. The normalized spacial score (nSPS) is 17.7. The van der Waals surface area contributed by atoms with E-state index in [0.29, 0.717) is 6.54 Å². The molecule has 1 atom stereocenters. The number of carbonyl (C=O) groups excluding carboxylic acids is 1. The fourth-order valence-corrected chi connectivity index (χ4v) is 4.00. The Balaban J connectivity index is 1.54. The van der Waals surface area contributed by atoms with Crippen LogP contribution >= 0.6 is 0 Å². The maximum atomic E-state index is 11.5. The number of nitrogens with zero attached hydrogens (tertiary/aromatic N) is 5. The third kappa shape index (κ3) is 6.06. The number of guanidine groups is 1. The van der Waals surface area contributed by atoms with Gasteiger partial charge in [-0.3, -0.25) is 19.4 Å². The monoisotopic (exact) mass is 411 g/mol. The maximum absolute atomic E-state index is 11.5. The number of nitrogens with two attached hydrogens (primary N) is 1. The van der Waals surface area contributed by atoms with Crippen molar-refractivity contribution in [1.82, 2.24) is 24.9 Å². The molecule has 2 aromatic rings. The number of nitrogens with one attached hydrogen (secondary N) is 1. The molecule has 1 aliphatic rings. The van der Waals surface area contributed by atoms with Gasteiger partial charge in [-0.15, -0.1) is 0 Å². The number of likely N-dealkylation sites (tertiary alicyclic amines) is 1. The molecule has 1 amide bonds. The Morgan fingerprint density at radius 3 is 2.87 bits per heavy atom. The molecule has 2 heterocycles. The van der Waals surface area contributed by atoms with Crippen LogP contribution in [0.2, 0.25) is 0 Å². The number of amides is 1. The summed E-state index contributed by atoms with van der Waals surface area (Å²) in [5.41, 5.74) is 9.10. The SMILES string of the molecule is CN=C(NCc1cccc(CN2CCCC(C(N)=O)C2)c1)N(C)Cc1cnn(C)c1. The van der Waals surface area contributed by atoms with Crippen LogP contribution in [0.1, 0.15) is 29.5 Å². The summed E-state index contributed by atoms with van der Waals surface area (Å²) in [7, 11) is 5.73. The van der Waals surface area contributed by atoms with Crippen LogP contribution in [0.4, 0.5) is 0 Å². The average Bonchev–Trinajstić information content (AvgIpc) is 3.13. The van der Waals surface area contributed by atoms with Gasteiger partial charge in [0.2, 0.25) is 5.91 Å². The van der Waals surface area contributed by atoms with E-state index in [4.69, 9.17) is 5.73 Å². The predicted octanol–water partition coefficient (Wildman–Crippen LogP) is 1.32. The van der Waals surface area contributed by atoms with Crippen molar-refractivity contribution in [2.75, 3.05) is 27.2 Å². The fraction of sp³-hybridized carbons (Fsp3) is 0.500. The van der Waals surface area contributed by atoms with E-state index in [9.17, 15) is 4.79 Å². The molecule has 30 heavy (non-hydrogen) atoms. The minimum absolute atomic E-state index is 0.0257. The highest BCUT2D eigenvalue weighted by molar-refractivity contribution is 5.79. The van der Waals surface area contributed by atoms with E-state index in [-0.39, 0.29) is 11.8 Å². The number of aromatic nitrogens is 2. The first-order chi connectivity index (χ1) is 14.4. The average molecular weight is 412 g/mol. The van der Waals surface area contributed by atoms with Crippen LogP contribution in [0.3, 0.4) is 0 Å². The first-order valence-electron chi connectivity index (χ1n) is 10.4. The van der Waals surface area contributed by atoms with E-state index in [1.165, 1.54) is 11.1 Å². The van der Waals surface area contributed by atoms with E-state index < -0.39 is 0 Å². The number of benzene rings is 1. The highest BCUT2D eigenvalue weighted by atomic mass is 16.1. The van der Waals surface area contributed by atoms with Crippen LogP contribution in [0.15, 0.2) is 41.7 Å². The van der Waals surface area contributed by atoms with Gasteiger partial charge in [-0.2, -0.15) is 5.10 Å². The van der Waals surface area contributed by atoms with E-state index in [2.05, 4.69) is 49.5 Å². The van der Waals surface area contributed by atoms with Gasteiger partial charge in [0.05, 0.1) is 12.1 Å². The summed E-state index contributed by atoms with van der Waals surface area (Å²) in [4.78, 5) is 20.3. The molecule has 162 valence electrons. The molecule has 0 aliphatic carbocycles. The lowest BCUT2D eigenvalue weighted by molar-refractivity contribution is -0.123. The van der Waals surface area contributed by atoms with Crippen molar-refractivity contribution in [3.63, 3.8) is 0 Å². The number of piperidine rings is 1. The van der Waals surface area contributed by atoms with Gasteiger partial charge in [0.15, 0.2) is 5.96 Å². The predicted molar refractivity (Wildman–Crippen MR) is 119 cm³/mol. The molecule has 1 aliphatic heterocycles. The first-order valence-corrected chi connectivity index (χ1v) is 10.4. The van der Waals surface area contributed by atoms with Crippen LogP contribution in [0.25, 0.3) is 0 Å². The molecule has 3 rings (SSSR count). The number of hydrogen-bond donors (Lipinski definition) is 2. The molecule has 0 bridgehead atoms. The van der Waals surface area contributed by atoms with Crippen LogP contribution in [0, 0.1) is 5.92 Å². The van der Waals surface area contributed by atoms with Crippen LogP contribution in [0.5, 0.6) is 0 Å². The molecule has 1 saturated heterocycles. The van der Waals surface area contributed by atoms with Crippen molar-refractivity contribution in [3.05, 3.63) is 53.3 Å². The molecular formula is C22H33N7O. The maximum Gasteiger partial charge on any atom is 0.221 e. The second-order valence-electron chi connectivity index (χ2n) is 8.08. The van der Waals surface area contributed by atoms with E-state index in [1.807, 2.05) is 26.5 Å². The summed E-state index contributed by atoms with van der Waals surface area (Å²) in [6.45, 7) is 4.04. The molecule has 1 aromatic heterocycles. The Bertz CT molecular complexity index is 876. The summed E-state index contributed by atoms with van der Waals surface area (Å²) in [5, 5.41) is 7.66. The number of hydrogen-bond acceptors (Lipinski definition) is 4. The van der Waals surface area contributed by atoms with Gasteiger partial charge in [0, 0.05) is 59.1 Å². The molecule has 0 saturated carbocycles. The molecular weight excluding hydrogens is 378 g/mol. The Hall–Kier alpha value is -2.87. The van der Waals surface area contributed by atoms with Gasteiger partial charge in [0.1, 0.15) is 0 Å². The summed E-state index contributed by atoms with van der Waals surface area (Å²) in [6.07, 6.45) is 5.81. The van der Waals surface area contributed by atoms with Crippen molar-refractivity contribution in [2.24, 2.45) is 23.7 Å². The van der Waals surface area contributed by atoms with Gasteiger partial charge in [-0.25, -0.2) is 0 Å². The molecule has 8 heteroatoms. The second kappa shape index (κ2) is 10.2. The first kappa shape index (κ1) is 21.8. The number of aliphatic imine (C=N–C) groups is 1. The molecule has 1 fully saturated rings. The Morgan fingerprint density at radius 1 is 1.37 bits per heavy atom. The number of carbonyl (C=O) groups is 1. The molecule has 0 spiro atoms. The lowest BCUT2D eigenvalue weighted by Gasteiger charge is -2.31. The zero-order valence-corrected chi connectivity index (χ0v) is 18.2. The Kier molecular flexibility index (Phi) is 7.46. The van der Waals surface area contributed by atoms with E-state index in [1.54, 1.807) is 11.7 Å². The molecule has 1 aromatic carbocycles. The highest BCUT2D eigenvalue weighted by Gasteiger charge is 2.23.